The normalized spacial score (nSPS) is 10.5. The summed E-state index contributed by atoms with van der Waals surface area (Å²) in [6, 6.07) is 3.25. The molecule has 0 saturated carbocycles. The molecule has 0 fully saturated rings. The molecule has 2 aromatic rings. The summed E-state index contributed by atoms with van der Waals surface area (Å²) in [5.74, 6) is 0.188. The van der Waals surface area contributed by atoms with Gasteiger partial charge in [-0.15, -0.1) is 0 Å². The number of aromatic nitrogens is 1. The molecule has 0 atom stereocenters. The van der Waals surface area contributed by atoms with Gasteiger partial charge in [0, 0.05) is 22.7 Å². The minimum Gasteiger partial charge on any atom is -0.508 e. The van der Waals surface area contributed by atoms with Crippen molar-refractivity contribution in [1.82, 2.24) is 4.98 Å². The van der Waals surface area contributed by atoms with Crippen LogP contribution in [0.15, 0.2) is 18.3 Å². The summed E-state index contributed by atoms with van der Waals surface area (Å²) in [7, 11) is 0. The average molecular weight is 175 g/mol. The summed E-state index contributed by atoms with van der Waals surface area (Å²) in [5.41, 5.74) is 2.41. The third-order valence-electron chi connectivity index (χ3n) is 2.13. The Bertz CT molecular complexity index is 471. The number of hydrogen-bond acceptors (Lipinski definition) is 2. The van der Waals surface area contributed by atoms with Gasteiger partial charge in [0.1, 0.15) is 5.75 Å². The van der Waals surface area contributed by atoms with Gasteiger partial charge in [-0.2, -0.15) is 0 Å². The molecule has 1 heterocycles. The zero-order chi connectivity index (χ0) is 9.42. The van der Waals surface area contributed by atoms with Crippen molar-refractivity contribution < 1.29 is 9.90 Å². The highest BCUT2D eigenvalue weighted by molar-refractivity contribution is 5.99. The first-order valence-corrected chi connectivity index (χ1v) is 3.98. The van der Waals surface area contributed by atoms with Gasteiger partial charge in [0.15, 0.2) is 6.29 Å². The average Bonchev–Trinajstić information content (AvgIpc) is 2.47. The summed E-state index contributed by atoms with van der Waals surface area (Å²) in [5, 5.41) is 10.1. The number of phenols is 1. The maximum Gasteiger partial charge on any atom is 0.152 e. The number of hydrogen-bond donors (Lipinski definition) is 2. The quantitative estimate of drug-likeness (QED) is 0.651. The Morgan fingerprint density at radius 1 is 1.46 bits per heavy atom. The van der Waals surface area contributed by atoms with Crippen molar-refractivity contribution in [2.45, 2.75) is 6.92 Å². The Morgan fingerprint density at radius 2 is 2.23 bits per heavy atom. The zero-order valence-corrected chi connectivity index (χ0v) is 7.16. The smallest absolute Gasteiger partial charge is 0.152 e. The fraction of sp³-hybridized carbons (Fsp3) is 0.100. The summed E-state index contributed by atoms with van der Waals surface area (Å²) in [4.78, 5) is 13.6. The maximum atomic E-state index is 10.6. The minimum atomic E-state index is 0.188. The highest BCUT2D eigenvalue weighted by Gasteiger charge is 2.05. The van der Waals surface area contributed by atoms with Gasteiger partial charge in [0.25, 0.3) is 0 Å². The number of H-pyrrole nitrogens is 1. The van der Waals surface area contributed by atoms with Crippen LogP contribution in [-0.2, 0) is 0 Å². The predicted molar refractivity (Wildman–Crippen MR) is 50.1 cm³/mol. The predicted octanol–water partition coefficient (Wildman–Crippen LogP) is 1.99. The zero-order valence-electron chi connectivity index (χ0n) is 7.16. The summed E-state index contributed by atoms with van der Waals surface area (Å²) >= 11 is 0. The lowest BCUT2D eigenvalue weighted by atomic mass is 10.1. The minimum absolute atomic E-state index is 0.188. The molecule has 13 heavy (non-hydrogen) atoms. The molecular weight excluding hydrogens is 166 g/mol. The summed E-state index contributed by atoms with van der Waals surface area (Å²) < 4.78 is 0. The Balaban J connectivity index is 2.89. The van der Waals surface area contributed by atoms with Crippen molar-refractivity contribution in [1.29, 1.82) is 0 Å². The van der Waals surface area contributed by atoms with Crippen LogP contribution in [-0.4, -0.2) is 16.4 Å². The van der Waals surface area contributed by atoms with Gasteiger partial charge in [-0.1, -0.05) is 0 Å². The van der Waals surface area contributed by atoms with Crippen LogP contribution in [0.4, 0.5) is 0 Å². The van der Waals surface area contributed by atoms with Crippen LogP contribution in [0.2, 0.25) is 0 Å². The highest BCUT2D eigenvalue weighted by atomic mass is 16.3. The van der Waals surface area contributed by atoms with E-state index in [1.807, 2.05) is 6.92 Å². The second-order valence-electron chi connectivity index (χ2n) is 3.05. The van der Waals surface area contributed by atoms with E-state index >= 15 is 0 Å². The number of nitrogens with one attached hydrogen (secondary N) is 1. The van der Waals surface area contributed by atoms with E-state index in [4.69, 9.17) is 0 Å². The number of aldehydes is 1. The van der Waals surface area contributed by atoms with E-state index in [0.29, 0.717) is 5.56 Å². The molecule has 0 spiro atoms. The molecule has 1 aromatic heterocycles. The van der Waals surface area contributed by atoms with Gasteiger partial charge in [-0.05, 0) is 24.6 Å². The molecule has 2 rings (SSSR count). The molecule has 1 aromatic carbocycles. The van der Waals surface area contributed by atoms with Crippen LogP contribution < -0.4 is 0 Å². The summed E-state index contributed by atoms with van der Waals surface area (Å²) in [6.07, 6.45) is 2.42. The monoisotopic (exact) mass is 175 g/mol. The van der Waals surface area contributed by atoms with Crippen molar-refractivity contribution in [3.63, 3.8) is 0 Å². The van der Waals surface area contributed by atoms with Crippen molar-refractivity contribution >= 4 is 17.2 Å². The fourth-order valence-corrected chi connectivity index (χ4v) is 1.51. The number of carbonyl (C=O) groups excluding carboxylic acids is 1. The van der Waals surface area contributed by atoms with E-state index in [-0.39, 0.29) is 5.75 Å². The highest BCUT2D eigenvalue weighted by Crippen LogP contribution is 2.25. The van der Waals surface area contributed by atoms with Crippen LogP contribution in [0.25, 0.3) is 10.9 Å². The Hall–Kier alpha value is -1.77. The van der Waals surface area contributed by atoms with E-state index in [0.717, 1.165) is 22.8 Å². The van der Waals surface area contributed by atoms with E-state index in [1.165, 1.54) is 0 Å². The second kappa shape index (κ2) is 2.62. The molecule has 0 unspecified atom stereocenters. The molecule has 2 N–H and O–H groups in total. The molecule has 0 aliphatic heterocycles. The van der Waals surface area contributed by atoms with Gasteiger partial charge in [-0.3, -0.25) is 4.79 Å². The molecule has 0 radical (unpaired) electrons. The number of fused-ring (bicyclic) bond motifs is 1. The largest absolute Gasteiger partial charge is 0.508 e. The molecule has 0 amide bonds. The van der Waals surface area contributed by atoms with Gasteiger partial charge < -0.3 is 10.1 Å². The van der Waals surface area contributed by atoms with Crippen molar-refractivity contribution in [2.75, 3.05) is 0 Å². The third-order valence-corrected chi connectivity index (χ3v) is 2.13. The number of phenolic OH excluding ortho intramolecular Hbond substituents is 1. The van der Waals surface area contributed by atoms with E-state index < -0.39 is 0 Å². The molecule has 0 bridgehead atoms. The molecule has 0 aliphatic carbocycles. The Morgan fingerprint density at radius 3 is 2.92 bits per heavy atom. The molecule has 0 aliphatic rings. The van der Waals surface area contributed by atoms with Crippen LogP contribution >= 0.6 is 0 Å². The number of carbonyl (C=O) groups is 1. The van der Waals surface area contributed by atoms with Crippen molar-refractivity contribution in [2.24, 2.45) is 0 Å². The molecule has 3 nitrogen and oxygen atoms in total. The van der Waals surface area contributed by atoms with Gasteiger partial charge in [-0.25, -0.2) is 0 Å². The van der Waals surface area contributed by atoms with E-state index in [1.54, 1.807) is 18.3 Å². The Labute approximate surface area is 75.0 Å². The van der Waals surface area contributed by atoms with E-state index in [9.17, 15) is 9.90 Å². The van der Waals surface area contributed by atoms with Gasteiger partial charge in [0.05, 0.1) is 0 Å². The lowest BCUT2D eigenvalue weighted by Crippen LogP contribution is -1.78. The Kier molecular flexibility index (Phi) is 1.59. The first-order valence-electron chi connectivity index (χ1n) is 3.98. The van der Waals surface area contributed by atoms with Gasteiger partial charge in [0.2, 0.25) is 0 Å². The van der Waals surface area contributed by atoms with Crippen LogP contribution in [0, 0.1) is 6.92 Å². The van der Waals surface area contributed by atoms with Crippen LogP contribution in [0.5, 0.6) is 5.75 Å². The topological polar surface area (TPSA) is 53.1 Å². The van der Waals surface area contributed by atoms with Crippen LogP contribution in [0.1, 0.15) is 15.9 Å². The maximum absolute atomic E-state index is 10.6. The lowest BCUT2D eigenvalue weighted by Gasteiger charge is -1.97. The first kappa shape index (κ1) is 7.86. The molecule has 0 saturated heterocycles. The number of aryl methyl sites for hydroxylation is 1. The lowest BCUT2D eigenvalue weighted by molar-refractivity contribution is 0.112. The van der Waals surface area contributed by atoms with Crippen molar-refractivity contribution in [3.05, 3.63) is 29.5 Å². The number of benzene rings is 1. The third kappa shape index (κ3) is 1.09. The standard InChI is InChI=1S/C10H9NO2/c1-6-2-8(13)3-9-7(5-12)4-11-10(6)9/h2-5,11,13H,1H3. The number of rotatable bonds is 1. The van der Waals surface area contributed by atoms with Gasteiger partial charge >= 0.3 is 0 Å². The first-order chi connectivity index (χ1) is 6.22. The number of aromatic hydroxyl groups is 1. The number of aromatic amines is 1. The van der Waals surface area contributed by atoms with Crippen LogP contribution in [0.3, 0.4) is 0 Å². The summed E-state index contributed by atoms with van der Waals surface area (Å²) in [6.45, 7) is 1.88. The fourth-order valence-electron chi connectivity index (χ4n) is 1.51. The molecule has 66 valence electrons. The van der Waals surface area contributed by atoms with E-state index in [2.05, 4.69) is 4.98 Å². The van der Waals surface area contributed by atoms with Crippen molar-refractivity contribution in [3.8, 4) is 5.75 Å². The molecule has 3 heteroatoms. The SMILES string of the molecule is Cc1cc(O)cc2c(C=O)c[nH]c12. The second-order valence-corrected chi connectivity index (χ2v) is 3.05. The molecular formula is C10H9NO2.